The van der Waals surface area contributed by atoms with Gasteiger partial charge in [-0.1, -0.05) is 0 Å². The van der Waals surface area contributed by atoms with Gasteiger partial charge in [-0.25, -0.2) is 9.97 Å². The number of carbonyl (C=O) groups is 1. The molecule has 1 aliphatic heterocycles. The maximum Gasteiger partial charge on any atom is 0.241 e. The van der Waals surface area contributed by atoms with Crippen LogP contribution in [0.3, 0.4) is 0 Å². The Morgan fingerprint density at radius 3 is 2.62 bits per heavy atom. The number of fused-ring (bicyclic) bond motifs is 1. The predicted octanol–water partition coefficient (Wildman–Crippen LogP) is 3.53. The van der Waals surface area contributed by atoms with Gasteiger partial charge in [-0.15, -0.1) is 0 Å². The average Bonchev–Trinajstić information content (AvgIpc) is 3.19. The van der Waals surface area contributed by atoms with Crippen LogP contribution in [0.5, 0.6) is 17.4 Å². The van der Waals surface area contributed by atoms with Gasteiger partial charge in [0.2, 0.25) is 11.8 Å². The molecule has 1 aliphatic carbocycles. The normalized spacial score (nSPS) is 20.1. The number of aromatic nitrogens is 3. The Morgan fingerprint density at radius 1 is 1.19 bits per heavy atom. The number of ether oxygens (including phenoxy) is 3. The molecule has 1 amide bonds. The van der Waals surface area contributed by atoms with Gasteiger partial charge in [-0.2, -0.15) is 0 Å². The standard InChI is InChI=1S/C24H28N4O4/c1-14(16-10-21(29)25-12-16)32-23-22-18(26-13-28(22)24(2)7-8-24)11-17(27-23)15-5-6-19(30-3)20(9-15)31-4/h5-6,9,11,13-14,16H,7-8,10,12H2,1-4H3,(H,25,29)/t14-,16-/m1/s1. The van der Waals surface area contributed by atoms with Crippen LogP contribution in [0.1, 0.15) is 33.1 Å². The lowest BCUT2D eigenvalue weighted by Gasteiger charge is -2.21. The van der Waals surface area contributed by atoms with Gasteiger partial charge in [0, 0.05) is 30.0 Å². The second-order valence-electron chi connectivity index (χ2n) is 8.95. The molecule has 0 spiro atoms. The highest BCUT2D eigenvalue weighted by Gasteiger charge is 2.41. The third kappa shape index (κ3) is 3.53. The Kier molecular flexibility index (Phi) is 4.95. The van der Waals surface area contributed by atoms with E-state index < -0.39 is 0 Å². The van der Waals surface area contributed by atoms with Crippen LogP contribution >= 0.6 is 0 Å². The first-order valence-electron chi connectivity index (χ1n) is 11.0. The summed E-state index contributed by atoms with van der Waals surface area (Å²) < 4.78 is 19.5. The largest absolute Gasteiger partial charge is 0.493 e. The molecule has 2 fully saturated rings. The Morgan fingerprint density at radius 2 is 1.97 bits per heavy atom. The molecule has 0 bridgehead atoms. The van der Waals surface area contributed by atoms with Crippen LogP contribution in [0.15, 0.2) is 30.6 Å². The third-order valence-corrected chi connectivity index (χ3v) is 6.70. The Bertz CT molecular complexity index is 1180. The molecule has 3 aromatic rings. The number of methoxy groups -OCH3 is 2. The van der Waals surface area contributed by atoms with E-state index in [-0.39, 0.29) is 23.5 Å². The number of imidazole rings is 1. The lowest BCUT2D eigenvalue weighted by Crippen LogP contribution is -2.26. The van der Waals surface area contributed by atoms with Gasteiger partial charge >= 0.3 is 0 Å². The third-order valence-electron chi connectivity index (χ3n) is 6.70. The van der Waals surface area contributed by atoms with Crippen molar-refractivity contribution < 1.29 is 19.0 Å². The number of hydrogen-bond donors (Lipinski definition) is 1. The number of benzene rings is 1. The average molecular weight is 437 g/mol. The molecule has 8 heteroatoms. The number of amides is 1. The van der Waals surface area contributed by atoms with E-state index in [1.807, 2.05) is 37.5 Å². The molecule has 1 saturated carbocycles. The highest BCUT2D eigenvalue weighted by Crippen LogP contribution is 2.46. The zero-order chi connectivity index (χ0) is 22.5. The fraction of sp³-hybridized carbons (Fsp3) is 0.458. The molecule has 0 unspecified atom stereocenters. The molecule has 1 aromatic carbocycles. The number of rotatable bonds is 7. The Hall–Kier alpha value is -3.29. The zero-order valence-electron chi connectivity index (χ0n) is 18.8. The van der Waals surface area contributed by atoms with E-state index >= 15 is 0 Å². The molecular formula is C24H28N4O4. The van der Waals surface area contributed by atoms with Crippen molar-refractivity contribution >= 4 is 16.9 Å². The summed E-state index contributed by atoms with van der Waals surface area (Å²) in [5.74, 6) is 2.01. The number of nitrogens with zero attached hydrogens (tertiary/aromatic N) is 3. The number of pyridine rings is 1. The summed E-state index contributed by atoms with van der Waals surface area (Å²) in [5, 5.41) is 2.89. The van der Waals surface area contributed by atoms with Gasteiger partial charge in [-0.05, 0) is 51.0 Å². The van der Waals surface area contributed by atoms with E-state index in [1.165, 1.54) is 0 Å². The fourth-order valence-electron chi connectivity index (χ4n) is 4.29. The van der Waals surface area contributed by atoms with Crippen LogP contribution in [0, 0.1) is 5.92 Å². The molecular weight excluding hydrogens is 408 g/mol. The molecule has 8 nitrogen and oxygen atoms in total. The number of nitrogens with one attached hydrogen (secondary N) is 1. The van der Waals surface area contributed by atoms with Crippen LogP contribution in [-0.2, 0) is 10.3 Å². The van der Waals surface area contributed by atoms with Gasteiger partial charge in [0.15, 0.2) is 11.5 Å². The first-order chi connectivity index (χ1) is 15.4. The summed E-state index contributed by atoms with van der Waals surface area (Å²) in [6.45, 7) is 4.85. The van der Waals surface area contributed by atoms with E-state index in [0.29, 0.717) is 30.3 Å². The van der Waals surface area contributed by atoms with Crippen LogP contribution in [0.25, 0.3) is 22.3 Å². The monoisotopic (exact) mass is 436 g/mol. The summed E-state index contributed by atoms with van der Waals surface area (Å²) in [4.78, 5) is 21.3. The van der Waals surface area contributed by atoms with E-state index in [4.69, 9.17) is 19.2 Å². The summed E-state index contributed by atoms with van der Waals surface area (Å²) in [6, 6.07) is 7.69. The summed E-state index contributed by atoms with van der Waals surface area (Å²) in [7, 11) is 3.23. The van der Waals surface area contributed by atoms with Crippen LogP contribution in [0.2, 0.25) is 0 Å². The topological polar surface area (TPSA) is 87.5 Å². The molecule has 1 N–H and O–H groups in total. The van der Waals surface area contributed by atoms with Crippen molar-refractivity contribution in [1.29, 1.82) is 0 Å². The van der Waals surface area contributed by atoms with Crippen molar-refractivity contribution in [3.8, 4) is 28.6 Å². The number of hydrogen-bond acceptors (Lipinski definition) is 6. The molecule has 5 rings (SSSR count). The lowest BCUT2D eigenvalue weighted by molar-refractivity contribution is -0.119. The highest BCUT2D eigenvalue weighted by atomic mass is 16.5. The van der Waals surface area contributed by atoms with E-state index in [9.17, 15) is 4.79 Å². The first kappa shape index (κ1) is 20.6. The predicted molar refractivity (Wildman–Crippen MR) is 120 cm³/mol. The number of carbonyl (C=O) groups excluding carboxylic acids is 1. The van der Waals surface area contributed by atoms with Gasteiger partial charge in [-0.3, -0.25) is 4.79 Å². The van der Waals surface area contributed by atoms with Crippen molar-refractivity contribution in [2.45, 2.75) is 44.8 Å². The molecule has 2 atom stereocenters. The fourth-order valence-corrected chi connectivity index (χ4v) is 4.29. The van der Waals surface area contributed by atoms with Crippen LogP contribution < -0.4 is 19.5 Å². The first-order valence-corrected chi connectivity index (χ1v) is 11.0. The van der Waals surface area contributed by atoms with Crippen molar-refractivity contribution in [2.24, 2.45) is 5.92 Å². The molecule has 2 aliphatic rings. The molecule has 3 heterocycles. The molecule has 2 aromatic heterocycles. The van der Waals surface area contributed by atoms with Crippen LogP contribution in [0.4, 0.5) is 0 Å². The summed E-state index contributed by atoms with van der Waals surface area (Å²) in [6.07, 6.45) is 4.39. The maximum absolute atomic E-state index is 11.7. The second kappa shape index (κ2) is 7.69. The molecule has 1 saturated heterocycles. The molecule has 0 radical (unpaired) electrons. The minimum atomic E-state index is -0.166. The Balaban J connectivity index is 1.59. The van der Waals surface area contributed by atoms with Gasteiger partial charge in [0.25, 0.3) is 0 Å². The quantitative estimate of drug-likeness (QED) is 0.610. The van der Waals surface area contributed by atoms with Crippen LogP contribution in [-0.4, -0.2) is 47.3 Å². The van der Waals surface area contributed by atoms with Gasteiger partial charge < -0.3 is 24.1 Å². The zero-order valence-corrected chi connectivity index (χ0v) is 18.8. The van der Waals surface area contributed by atoms with Crippen molar-refractivity contribution in [3.05, 3.63) is 30.6 Å². The minimum absolute atomic E-state index is 0.0491. The van der Waals surface area contributed by atoms with Crippen molar-refractivity contribution in [1.82, 2.24) is 19.9 Å². The SMILES string of the molecule is COc1ccc(-c2cc3ncn(C4(C)CC4)c3c(O[C@H](C)[C@H]3CNC(=O)C3)n2)cc1OC. The van der Waals surface area contributed by atoms with Crippen molar-refractivity contribution in [3.63, 3.8) is 0 Å². The van der Waals surface area contributed by atoms with E-state index in [2.05, 4.69) is 21.8 Å². The second-order valence-corrected chi connectivity index (χ2v) is 8.95. The van der Waals surface area contributed by atoms with E-state index in [0.717, 1.165) is 35.1 Å². The van der Waals surface area contributed by atoms with Gasteiger partial charge in [0.05, 0.1) is 31.8 Å². The minimum Gasteiger partial charge on any atom is -0.493 e. The Labute approximate surface area is 186 Å². The summed E-state index contributed by atoms with van der Waals surface area (Å²) in [5.41, 5.74) is 3.41. The molecule has 32 heavy (non-hydrogen) atoms. The van der Waals surface area contributed by atoms with E-state index in [1.54, 1.807) is 14.2 Å². The smallest absolute Gasteiger partial charge is 0.241 e. The molecule has 168 valence electrons. The van der Waals surface area contributed by atoms with Crippen molar-refractivity contribution in [2.75, 3.05) is 20.8 Å². The lowest BCUT2D eigenvalue weighted by atomic mass is 10.0. The summed E-state index contributed by atoms with van der Waals surface area (Å²) >= 11 is 0. The van der Waals surface area contributed by atoms with Gasteiger partial charge in [0.1, 0.15) is 11.6 Å². The maximum atomic E-state index is 11.7. The highest BCUT2D eigenvalue weighted by molar-refractivity contribution is 5.85.